The first kappa shape index (κ1) is 14.1. The van der Waals surface area contributed by atoms with Gasteiger partial charge in [-0.3, -0.25) is 9.89 Å². The number of nitrogens with one attached hydrogen (secondary N) is 1. The maximum Gasteiger partial charge on any atom is 0.347 e. The molecule has 0 bridgehead atoms. The minimum Gasteiger partial charge on any atom is -0.505 e. The molecule has 0 unspecified atom stereocenters. The Kier molecular flexibility index (Phi) is 3.52. The number of imidazole rings is 1. The van der Waals surface area contributed by atoms with E-state index in [1.54, 1.807) is 13.8 Å². The Labute approximate surface area is 115 Å². The number of fused-ring (bicyclic) bond motifs is 1. The normalized spacial score (nSPS) is 11.2. The summed E-state index contributed by atoms with van der Waals surface area (Å²) in [6.07, 6.45) is 0. The average Bonchev–Trinajstić information content (AvgIpc) is 2.68. The highest BCUT2D eigenvalue weighted by Gasteiger charge is 2.25. The number of aromatic nitrogens is 3. The molecule has 7 nitrogen and oxygen atoms in total. The number of hydrogen-bond acceptors (Lipinski definition) is 5. The van der Waals surface area contributed by atoms with E-state index in [1.807, 2.05) is 13.8 Å². The summed E-state index contributed by atoms with van der Waals surface area (Å²) in [7, 11) is 0. The van der Waals surface area contributed by atoms with Crippen molar-refractivity contribution in [3.8, 4) is 5.75 Å². The SMILES string of the molecule is CCOC(=O)c1c(O)c2c(C(C)C)nc(C)n2[nH]c1=O. The molecule has 0 aromatic carbocycles. The highest BCUT2D eigenvalue weighted by atomic mass is 16.5. The largest absolute Gasteiger partial charge is 0.505 e. The molecule has 20 heavy (non-hydrogen) atoms. The van der Waals surface area contributed by atoms with E-state index in [-0.39, 0.29) is 18.1 Å². The van der Waals surface area contributed by atoms with Crippen molar-refractivity contribution in [2.45, 2.75) is 33.6 Å². The number of aromatic amines is 1. The standard InChI is InChI=1S/C13H17N3O4/c1-5-20-13(19)8-11(17)10-9(6(2)3)14-7(4)16(10)15-12(8)18/h6,17H,5H2,1-4H3,(H,15,18). The number of nitrogens with zero attached hydrogens (tertiary/aromatic N) is 2. The van der Waals surface area contributed by atoms with Crippen LogP contribution in [0.25, 0.3) is 5.52 Å². The molecule has 2 aromatic heterocycles. The lowest BCUT2D eigenvalue weighted by Gasteiger charge is -2.08. The molecule has 7 heteroatoms. The summed E-state index contributed by atoms with van der Waals surface area (Å²) in [5.74, 6) is -0.670. The molecule has 0 saturated heterocycles. The highest BCUT2D eigenvalue weighted by molar-refractivity contribution is 5.95. The van der Waals surface area contributed by atoms with E-state index in [0.29, 0.717) is 17.0 Å². The van der Waals surface area contributed by atoms with E-state index in [4.69, 9.17) is 4.74 Å². The molecule has 0 spiro atoms. The van der Waals surface area contributed by atoms with Gasteiger partial charge in [0, 0.05) is 0 Å². The zero-order chi connectivity index (χ0) is 15.0. The molecule has 0 fully saturated rings. The van der Waals surface area contributed by atoms with Gasteiger partial charge in [0.15, 0.2) is 11.3 Å². The van der Waals surface area contributed by atoms with E-state index in [2.05, 4.69) is 10.1 Å². The van der Waals surface area contributed by atoms with Gasteiger partial charge in [0.2, 0.25) is 0 Å². The van der Waals surface area contributed by atoms with Gasteiger partial charge in [0.1, 0.15) is 11.3 Å². The van der Waals surface area contributed by atoms with Gasteiger partial charge in [-0.25, -0.2) is 14.3 Å². The van der Waals surface area contributed by atoms with Crippen molar-refractivity contribution in [3.05, 3.63) is 27.4 Å². The van der Waals surface area contributed by atoms with Crippen LogP contribution in [0.1, 0.15) is 48.6 Å². The Morgan fingerprint density at radius 2 is 2.15 bits per heavy atom. The molecule has 108 valence electrons. The van der Waals surface area contributed by atoms with Crippen LogP contribution in [0.3, 0.4) is 0 Å². The third kappa shape index (κ3) is 2.04. The van der Waals surface area contributed by atoms with Crippen LogP contribution in [0.2, 0.25) is 0 Å². The van der Waals surface area contributed by atoms with Crippen molar-refractivity contribution in [3.63, 3.8) is 0 Å². The average molecular weight is 279 g/mol. The van der Waals surface area contributed by atoms with Crippen LogP contribution >= 0.6 is 0 Å². The molecule has 0 saturated carbocycles. The molecular weight excluding hydrogens is 262 g/mol. The second kappa shape index (κ2) is 4.99. The van der Waals surface area contributed by atoms with Crippen LogP contribution < -0.4 is 5.56 Å². The van der Waals surface area contributed by atoms with Crippen LogP contribution in [-0.2, 0) is 4.74 Å². The Morgan fingerprint density at radius 1 is 1.50 bits per heavy atom. The van der Waals surface area contributed by atoms with Crippen LogP contribution in [0.5, 0.6) is 5.75 Å². The van der Waals surface area contributed by atoms with Crippen molar-refractivity contribution < 1.29 is 14.6 Å². The first-order valence-electron chi connectivity index (χ1n) is 6.39. The van der Waals surface area contributed by atoms with Crippen molar-refractivity contribution >= 4 is 11.5 Å². The third-order valence-corrected chi connectivity index (χ3v) is 3.00. The van der Waals surface area contributed by atoms with E-state index in [9.17, 15) is 14.7 Å². The van der Waals surface area contributed by atoms with Crippen molar-refractivity contribution in [2.75, 3.05) is 6.61 Å². The molecule has 0 aliphatic rings. The predicted octanol–water partition coefficient (Wildman–Crippen LogP) is 1.34. The van der Waals surface area contributed by atoms with Crippen LogP contribution in [-0.4, -0.2) is 32.3 Å². The summed E-state index contributed by atoms with van der Waals surface area (Å²) in [5, 5.41) is 12.8. The molecule has 0 amide bonds. The molecule has 0 atom stereocenters. The van der Waals surface area contributed by atoms with Gasteiger partial charge in [-0.2, -0.15) is 0 Å². The Balaban J connectivity index is 2.83. The summed E-state index contributed by atoms with van der Waals surface area (Å²) in [6, 6.07) is 0. The van der Waals surface area contributed by atoms with E-state index < -0.39 is 17.3 Å². The van der Waals surface area contributed by atoms with E-state index in [1.165, 1.54) is 4.52 Å². The Bertz CT molecular complexity index is 727. The summed E-state index contributed by atoms with van der Waals surface area (Å²) >= 11 is 0. The quantitative estimate of drug-likeness (QED) is 0.826. The van der Waals surface area contributed by atoms with Gasteiger partial charge < -0.3 is 9.84 Å². The van der Waals surface area contributed by atoms with E-state index in [0.717, 1.165) is 0 Å². The highest BCUT2D eigenvalue weighted by Crippen LogP contribution is 2.29. The number of H-pyrrole nitrogens is 1. The van der Waals surface area contributed by atoms with Gasteiger partial charge in [0.05, 0.1) is 12.3 Å². The summed E-state index contributed by atoms with van der Waals surface area (Å²) < 4.78 is 6.18. The summed E-state index contributed by atoms with van der Waals surface area (Å²) in [4.78, 5) is 28.0. The molecule has 2 aromatic rings. The monoisotopic (exact) mass is 279 g/mol. The molecular formula is C13H17N3O4. The fourth-order valence-corrected chi connectivity index (χ4v) is 2.10. The lowest BCUT2D eigenvalue weighted by molar-refractivity contribution is 0.0520. The van der Waals surface area contributed by atoms with Crippen molar-refractivity contribution in [2.24, 2.45) is 0 Å². The summed E-state index contributed by atoms with van der Waals surface area (Å²) in [6.45, 7) is 7.29. The molecule has 2 N–H and O–H groups in total. The first-order chi connectivity index (χ1) is 9.38. The molecule has 2 rings (SSSR count). The number of carbonyl (C=O) groups is 1. The van der Waals surface area contributed by atoms with Crippen LogP contribution in [0.15, 0.2) is 4.79 Å². The van der Waals surface area contributed by atoms with Crippen LogP contribution in [0, 0.1) is 6.92 Å². The minimum absolute atomic E-state index is 0.0329. The molecule has 0 aliphatic heterocycles. The minimum atomic E-state index is -0.845. The van der Waals surface area contributed by atoms with Gasteiger partial charge in [-0.1, -0.05) is 13.8 Å². The molecule has 0 aliphatic carbocycles. The van der Waals surface area contributed by atoms with Gasteiger partial charge >= 0.3 is 5.97 Å². The number of aryl methyl sites for hydroxylation is 1. The lowest BCUT2D eigenvalue weighted by atomic mass is 10.1. The van der Waals surface area contributed by atoms with Gasteiger partial charge in [0.25, 0.3) is 5.56 Å². The second-order valence-electron chi connectivity index (χ2n) is 4.77. The Hall–Kier alpha value is -2.31. The number of carbonyl (C=O) groups excluding carboxylic acids is 1. The first-order valence-corrected chi connectivity index (χ1v) is 6.39. The zero-order valence-electron chi connectivity index (χ0n) is 11.9. The topological polar surface area (TPSA) is 96.7 Å². The van der Waals surface area contributed by atoms with Crippen molar-refractivity contribution in [1.29, 1.82) is 0 Å². The number of rotatable bonds is 3. The maximum atomic E-state index is 11.9. The fraction of sp³-hybridized carbons (Fsp3) is 0.462. The third-order valence-electron chi connectivity index (χ3n) is 3.00. The maximum absolute atomic E-state index is 11.9. The Morgan fingerprint density at radius 3 is 2.70 bits per heavy atom. The van der Waals surface area contributed by atoms with Crippen LogP contribution in [0.4, 0.5) is 0 Å². The van der Waals surface area contributed by atoms with E-state index >= 15 is 0 Å². The second-order valence-corrected chi connectivity index (χ2v) is 4.77. The zero-order valence-corrected chi connectivity index (χ0v) is 11.9. The molecule has 2 heterocycles. The fourth-order valence-electron chi connectivity index (χ4n) is 2.10. The van der Waals surface area contributed by atoms with Crippen molar-refractivity contribution in [1.82, 2.24) is 14.6 Å². The lowest BCUT2D eigenvalue weighted by Crippen LogP contribution is -2.23. The summed E-state index contributed by atoms with van der Waals surface area (Å²) in [5.41, 5.74) is -0.146. The van der Waals surface area contributed by atoms with Gasteiger partial charge in [-0.15, -0.1) is 0 Å². The molecule has 0 radical (unpaired) electrons. The predicted molar refractivity (Wildman–Crippen MR) is 72.3 cm³/mol. The number of aromatic hydroxyl groups is 1. The number of esters is 1. The number of ether oxygens (including phenoxy) is 1. The number of hydrogen-bond donors (Lipinski definition) is 2. The van der Waals surface area contributed by atoms with Gasteiger partial charge in [-0.05, 0) is 19.8 Å². The smallest absolute Gasteiger partial charge is 0.347 e.